The van der Waals surface area contributed by atoms with Crippen molar-refractivity contribution < 1.29 is 0 Å². The van der Waals surface area contributed by atoms with Gasteiger partial charge in [0.15, 0.2) is 0 Å². The maximum absolute atomic E-state index is 5.95. The van der Waals surface area contributed by atoms with Crippen molar-refractivity contribution in [3.05, 3.63) is 56.7 Å². The van der Waals surface area contributed by atoms with Crippen LogP contribution in [0.3, 0.4) is 0 Å². The lowest BCUT2D eigenvalue weighted by atomic mass is 10.00. The zero-order valence-corrected chi connectivity index (χ0v) is 13.5. The first kappa shape index (κ1) is 15.5. The highest BCUT2D eigenvalue weighted by molar-refractivity contribution is 7.16. The Bertz CT molecular complexity index is 536. The van der Waals surface area contributed by atoms with Crippen molar-refractivity contribution in [2.75, 3.05) is 13.6 Å². The van der Waals surface area contributed by atoms with Gasteiger partial charge in [-0.15, -0.1) is 11.3 Å². The summed E-state index contributed by atoms with van der Waals surface area (Å²) >= 11 is 7.60. The molecular formula is C16H21ClN2S. The predicted octanol–water partition coefficient (Wildman–Crippen LogP) is 4.10. The fourth-order valence-corrected chi connectivity index (χ4v) is 3.33. The van der Waals surface area contributed by atoms with Gasteiger partial charge >= 0.3 is 0 Å². The van der Waals surface area contributed by atoms with Gasteiger partial charge in [0.25, 0.3) is 0 Å². The van der Waals surface area contributed by atoms with Crippen LogP contribution in [0, 0.1) is 0 Å². The van der Waals surface area contributed by atoms with E-state index in [-0.39, 0.29) is 0 Å². The topological polar surface area (TPSA) is 29.3 Å². The second kappa shape index (κ2) is 7.23. The number of hydrogen-bond acceptors (Lipinski definition) is 3. The molecule has 0 fully saturated rings. The van der Waals surface area contributed by atoms with Crippen molar-refractivity contribution >= 4 is 22.9 Å². The minimum atomic E-state index is 0.426. The summed E-state index contributed by atoms with van der Waals surface area (Å²) in [7, 11) is 2.13. The first-order valence-corrected chi connectivity index (χ1v) is 7.99. The molecule has 0 saturated heterocycles. The largest absolute Gasteiger partial charge is 0.330 e. The van der Waals surface area contributed by atoms with Crippen LogP contribution in [0.2, 0.25) is 4.34 Å². The molecule has 0 radical (unpaired) electrons. The normalized spacial score (nSPS) is 12.8. The van der Waals surface area contributed by atoms with Crippen LogP contribution in [-0.4, -0.2) is 18.5 Å². The molecule has 4 heteroatoms. The van der Waals surface area contributed by atoms with Gasteiger partial charge in [-0.05, 0) is 42.8 Å². The maximum atomic E-state index is 5.95. The number of benzene rings is 1. The maximum Gasteiger partial charge on any atom is 0.0931 e. The van der Waals surface area contributed by atoms with Gasteiger partial charge in [0.05, 0.1) is 4.34 Å². The average Bonchev–Trinajstić information content (AvgIpc) is 2.84. The molecule has 2 nitrogen and oxygen atoms in total. The van der Waals surface area contributed by atoms with Crippen LogP contribution in [-0.2, 0) is 13.1 Å². The molecule has 1 aromatic carbocycles. The molecular weight excluding hydrogens is 288 g/mol. The SMILES string of the molecule is CC(CN)c1ccc(CN(C)Cc2ccc(Cl)s2)cc1. The molecule has 2 aromatic rings. The lowest BCUT2D eigenvalue weighted by Gasteiger charge is -2.16. The quantitative estimate of drug-likeness (QED) is 0.870. The summed E-state index contributed by atoms with van der Waals surface area (Å²) in [6.07, 6.45) is 0. The summed E-state index contributed by atoms with van der Waals surface area (Å²) in [5.41, 5.74) is 8.32. The second-order valence-corrected chi connectivity index (χ2v) is 7.06. The second-order valence-electron chi connectivity index (χ2n) is 5.26. The summed E-state index contributed by atoms with van der Waals surface area (Å²) < 4.78 is 0.855. The van der Waals surface area contributed by atoms with Crippen LogP contribution in [0.4, 0.5) is 0 Å². The zero-order chi connectivity index (χ0) is 14.5. The van der Waals surface area contributed by atoms with Gasteiger partial charge in [-0.25, -0.2) is 0 Å². The molecule has 1 atom stereocenters. The first-order valence-electron chi connectivity index (χ1n) is 6.80. The summed E-state index contributed by atoms with van der Waals surface area (Å²) in [6.45, 7) is 4.71. The van der Waals surface area contributed by atoms with Gasteiger partial charge < -0.3 is 5.73 Å². The molecule has 1 aromatic heterocycles. The Morgan fingerprint density at radius 2 is 1.85 bits per heavy atom. The smallest absolute Gasteiger partial charge is 0.0931 e. The molecule has 0 bridgehead atoms. The Morgan fingerprint density at radius 1 is 1.15 bits per heavy atom. The third kappa shape index (κ3) is 4.32. The highest BCUT2D eigenvalue weighted by Crippen LogP contribution is 2.23. The minimum Gasteiger partial charge on any atom is -0.330 e. The van der Waals surface area contributed by atoms with E-state index in [1.807, 2.05) is 6.07 Å². The van der Waals surface area contributed by atoms with Crippen molar-refractivity contribution in [2.45, 2.75) is 25.9 Å². The highest BCUT2D eigenvalue weighted by Gasteiger charge is 2.06. The number of hydrogen-bond donors (Lipinski definition) is 1. The monoisotopic (exact) mass is 308 g/mol. The van der Waals surface area contributed by atoms with Crippen LogP contribution >= 0.6 is 22.9 Å². The average molecular weight is 309 g/mol. The molecule has 2 N–H and O–H groups in total. The van der Waals surface area contributed by atoms with Gasteiger partial charge in [-0.2, -0.15) is 0 Å². The third-order valence-electron chi connectivity index (χ3n) is 3.41. The molecule has 1 heterocycles. The van der Waals surface area contributed by atoms with E-state index >= 15 is 0 Å². The Balaban J connectivity index is 1.92. The van der Waals surface area contributed by atoms with E-state index in [4.69, 9.17) is 17.3 Å². The molecule has 0 saturated carbocycles. The van der Waals surface area contributed by atoms with Crippen molar-refractivity contribution in [3.63, 3.8) is 0 Å². The molecule has 0 spiro atoms. The van der Waals surface area contributed by atoms with Crippen LogP contribution in [0.5, 0.6) is 0 Å². The summed E-state index contributed by atoms with van der Waals surface area (Å²) in [4.78, 5) is 3.59. The summed E-state index contributed by atoms with van der Waals surface area (Å²) in [5, 5.41) is 0. The van der Waals surface area contributed by atoms with Crippen LogP contribution < -0.4 is 5.73 Å². The van der Waals surface area contributed by atoms with Gasteiger partial charge in [0, 0.05) is 18.0 Å². The van der Waals surface area contributed by atoms with E-state index in [0.717, 1.165) is 17.4 Å². The van der Waals surface area contributed by atoms with E-state index in [2.05, 4.69) is 49.2 Å². The zero-order valence-electron chi connectivity index (χ0n) is 12.0. The summed E-state index contributed by atoms with van der Waals surface area (Å²) in [5.74, 6) is 0.426. The molecule has 0 aliphatic carbocycles. The Labute approximate surface area is 130 Å². The molecule has 0 aliphatic rings. The van der Waals surface area contributed by atoms with E-state index < -0.39 is 0 Å². The van der Waals surface area contributed by atoms with Crippen molar-refractivity contribution in [1.29, 1.82) is 0 Å². The van der Waals surface area contributed by atoms with Gasteiger partial charge in [-0.3, -0.25) is 4.90 Å². The number of nitrogens with two attached hydrogens (primary N) is 1. The standard InChI is InChI=1S/C16H21ClN2S/c1-12(9-18)14-5-3-13(4-6-14)10-19(2)11-15-7-8-16(17)20-15/h3-8,12H,9-11,18H2,1-2H3. The minimum absolute atomic E-state index is 0.426. The fraction of sp³-hybridized carbons (Fsp3) is 0.375. The number of nitrogens with zero attached hydrogens (tertiary/aromatic N) is 1. The Kier molecular flexibility index (Phi) is 5.61. The highest BCUT2D eigenvalue weighted by atomic mass is 35.5. The summed E-state index contributed by atoms with van der Waals surface area (Å²) in [6, 6.07) is 12.8. The van der Waals surface area contributed by atoms with Gasteiger partial charge in [-0.1, -0.05) is 42.8 Å². The first-order chi connectivity index (χ1) is 9.58. The predicted molar refractivity (Wildman–Crippen MR) is 88.4 cm³/mol. The third-order valence-corrected chi connectivity index (χ3v) is 4.63. The molecule has 108 valence electrons. The van der Waals surface area contributed by atoms with Crippen molar-refractivity contribution in [3.8, 4) is 0 Å². The van der Waals surface area contributed by atoms with Crippen LogP contribution in [0.1, 0.15) is 28.8 Å². The van der Waals surface area contributed by atoms with Crippen molar-refractivity contribution in [1.82, 2.24) is 4.90 Å². The number of rotatable bonds is 6. The van der Waals surface area contributed by atoms with Gasteiger partial charge in [0.2, 0.25) is 0 Å². The van der Waals surface area contributed by atoms with E-state index in [1.54, 1.807) is 11.3 Å². The number of thiophene rings is 1. The fourth-order valence-electron chi connectivity index (χ4n) is 2.16. The Morgan fingerprint density at radius 3 is 2.40 bits per heavy atom. The molecule has 0 aliphatic heterocycles. The Hall–Kier alpha value is -0.870. The molecule has 0 amide bonds. The van der Waals surface area contributed by atoms with E-state index in [1.165, 1.54) is 16.0 Å². The van der Waals surface area contributed by atoms with E-state index in [0.29, 0.717) is 12.5 Å². The molecule has 20 heavy (non-hydrogen) atoms. The molecule has 1 unspecified atom stereocenters. The van der Waals surface area contributed by atoms with Gasteiger partial charge in [0.1, 0.15) is 0 Å². The lowest BCUT2D eigenvalue weighted by molar-refractivity contribution is 0.322. The van der Waals surface area contributed by atoms with Crippen LogP contribution in [0.15, 0.2) is 36.4 Å². The number of halogens is 1. The van der Waals surface area contributed by atoms with Crippen molar-refractivity contribution in [2.24, 2.45) is 5.73 Å². The van der Waals surface area contributed by atoms with E-state index in [9.17, 15) is 0 Å². The van der Waals surface area contributed by atoms with Crippen LogP contribution in [0.25, 0.3) is 0 Å². The molecule has 2 rings (SSSR count). The lowest BCUT2D eigenvalue weighted by Crippen LogP contribution is -2.16.